The van der Waals surface area contributed by atoms with Crippen molar-refractivity contribution in [3.63, 3.8) is 0 Å². The second-order valence-corrected chi connectivity index (χ2v) is 4.46. The zero-order valence-electron chi connectivity index (χ0n) is 9.77. The molecule has 0 aromatic heterocycles. The summed E-state index contributed by atoms with van der Waals surface area (Å²) in [5.41, 5.74) is 5.64. The van der Waals surface area contributed by atoms with Gasteiger partial charge in [0.2, 0.25) is 0 Å². The zero-order chi connectivity index (χ0) is 13.3. The van der Waals surface area contributed by atoms with Crippen LogP contribution in [0.25, 0.3) is 0 Å². The van der Waals surface area contributed by atoms with Crippen LogP contribution in [-0.2, 0) is 0 Å². The van der Waals surface area contributed by atoms with Crippen molar-refractivity contribution < 1.29 is 19.4 Å². The third kappa shape index (κ3) is 2.32. The molecule has 6 heteroatoms. The van der Waals surface area contributed by atoms with Crippen LogP contribution in [0, 0.1) is 5.82 Å². The highest BCUT2D eigenvalue weighted by Gasteiger charge is 2.25. The van der Waals surface area contributed by atoms with E-state index in [4.69, 9.17) is 10.8 Å². The number of benzene rings is 1. The van der Waals surface area contributed by atoms with E-state index in [0.717, 1.165) is 12.1 Å². The molecule has 1 heterocycles. The summed E-state index contributed by atoms with van der Waals surface area (Å²) in [6.45, 7) is 0.976. The van der Waals surface area contributed by atoms with E-state index in [1.54, 1.807) is 0 Å². The molecule has 1 aliphatic heterocycles. The van der Waals surface area contributed by atoms with Crippen molar-refractivity contribution in [2.45, 2.75) is 18.8 Å². The molecule has 2 rings (SSSR count). The molecule has 0 aliphatic carbocycles. The number of nitrogens with zero attached hydrogens (tertiary/aromatic N) is 1. The third-order valence-corrected chi connectivity index (χ3v) is 3.34. The van der Waals surface area contributed by atoms with Gasteiger partial charge in [-0.2, -0.15) is 0 Å². The molecular weight excluding hydrogens is 239 g/mol. The summed E-state index contributed by atoms with van der Waals surface area (Å²) in [5, 5.41) is 18.8. The average molecular weight is 254 g/mol. The lowest BCUT2D eigenvalue weighted by Crippen LogP contribution is -2.41. The number of carbonyl (C=O) groups excluding carboxylic acids is 1. The van der Waals surface area contributed by atoms with Gasteiger partial charge < -0.3 is 20.8 Å². The van der Waals surface area contributed by atoms with Gasteiger partial charge in [0.05, 0.1) is 0 Å². The molecule has 4 N–H and O–H groups in total. The molecule has 98 valence electrons. The Labute approximate surface area is 104 Å². The number of urea groups is 1. The van der Waals surface area contributed by atoms with Crippen molar-refractivity contribution in [1.29, 1.82) is 0 Å². The number of aromatic hydroxyl groups is 2. The van der Waals surface area contributed by atoms with E-state index in [2.05, 4.69) is 0 Å². The van der Waals surface area contributed by atoms with Gasteiger partial charge in [0.25, 0.3) is 0 Å². The smallest absolute Gasteiger partial charge is 0.314 e. The van der Waals surface area contributed by atoms with E-state index in [1.807, 2.05) is 0 Å². The normalized spacial score (nSPS) is 16.8. The van der Waals surface area contributed by atoms with E-state index in [1.165, 1.54) is 4.90 Å². The fourth-order valence-electron chi connectivity index (χ4n) is 2.30. The summed E-state index contributed by atoms with van der Waals surface area (Å²) in [4.78, 5) is 12.5. The van der Waals surface area contributed by atoms with Crippen LogP contribution in [0.4, 0.5) is 9.18 Å². The number of primary amides is 1. The number of phenolic OH excluding ortho intramolecular Hbond substituents is 2. The Morgan fingerprint density at radius 2 is 1.89 bits per heavy atom. The van der Waals surface area contributed by atoms with Crippen molar-refractivity contribution in [3.8, 4) is 11.5 Å². The predicted molar refractivity (Wildman–Crippen MR) is 62.9 cm³/mol. The molecule has 1 aromatic carbocycles. The molecule has 0 spiro atoms. The maximum atomic E-state index is 13.3. The number of nitrogens with two attached hydrogens (primary N) is 1. The Bertz CT molecular complexity index is 471. The van der Waals surface area contributed by atoms with Crippen molar-refractivity contribution in [1.82, 2.24) is 4.90 Å². The third-order valence-electron chi connectivity index (χ3n) is 3.34. The molecule has 0 radical (unpaired) electrons. The zero-order valence-corrected chi connectivity index (χ0v) is 9.77. The fraction of sp³-hybridized carbons (Fsp3) is 0.417. The van der Waals surface area contributed by atoms with Gasteiger partial charge in [-0.1, -0.05) is 0 Å². The first kappa shape index (κ1) is 12.5. The number of likely N-dealkylation sites (tertiary alicyclic amines) is 1. The topological polar surface area (TPSA) is 86.8 Å². The number of carbonyl (C=O) groups is 1. The number of halogens is 1. The number of hydrogen-bond acceptors (Lipinski definition) is 3. The molecule has 1 fully saturated rings. The standard InChI is InChI=1S/C12H15FN2O3/c13-9-5-8(10(16)6-11(9)17)7-1-3-15(4-2-7)12(14)18/h5-7,16-17H,1-4H2,(H2,14,18). The van der Waals surface area contributed by atoms with Crippen LogP contribution >= 0.6 is 0 Å². The Hall–Kier alpha value is -1.98. The van der Waals surface area contributed by atoms with Gasteiger partial charge in [-0.25, -0.2) is 9.18 Å². The largest absolute Gasteiger partial charge is 0.508 e. The summed E-state index contributed by atoms with van der Waals surface area (Å²) in [6.07, 6.45) is 1.22. The van der Waals surface area contributed by atoms with Gasteiger partial charge in [0.1, 0.15) is 5.75 Å². The van der Waals surface area contributed by atoms with E-state index < -0.39 is 17.6 Å². The molecular formula is C12H15FN2O3. The summed E-state index contributed by atoms with van der Waals surface area (Å²) < 4.78 is 13.3. The number of piperidine rings is 1. The molecule has 0 unspecified atom stereocenters. The Morgan fingerprint density at radius 1 is 1.28 bits per heavy atom. The maximum Gasteiger partial charge on any atom is 0.314 e. The van der Waals surface area contributed by atoms with Crippen LogP contribution in [0.1, 0.15) is 24.3 Å². The van der Waals surface area contributed by atoms with Gasteiger partial charge in [0, 0.05) is 24.7 Å². The summed E-state index contributed by atoms with van der Waals surface area (Å²) in [7, 11) is 0. The van der Waals surface area contributed by atoms with Crippen molar-refractivity contribution in [2.24, 2.45) is 5.73 Å². The molecule has 1 aromatic rings. The summed E-state index contributed by atoms with van der Waals surface area (Å²) >= 11 is 0. The SMILES string of the molecule is NC(=O)N1CCC(c2cc(F)c(O)cc2O)CC1. The Morgan fingerprint density at radius 3 is 2.44 bits per heavy atom. The minimum Gasteiger partial charge on any atom is -0.508 e. The lowest BCUT2D eigenvalue weighted by atomic mass is 9.88. The molecule has 1 saturated heterocycles. The Kier molecular flexibility index (Phi) is 3.27. The van der Waals surface area contributed by atoms with E-state index in [9.17, 15) is 14.3 Å². The number of hydrogen-bond donors (Lipinski definition) is 3. The van der Waals surface area contributed by atoms with E-state index in [-0.39, 0.29) is 11.7 Å². The Balaban J connectivity index is 2.15. The second kappa shape index (κ2) is 4.72. The molecule has 0 bridgehead atoms. The van der Waals surface area contributed by atoms with Crippen LogP contribution < -0.4 is 5.73 Å². The van der Waals surface area contributed by atoms with Gasteiger partial charge in [-0.3, -0.25) is 0 Å². The monoisotopic (exact) mass is 254 g/mol. The van der Waals surface area contributed by atoms with Crippen molar-refractivity contribution >= 4 is 6.03 Å². The van der Waals surface area contributed by atoms with Gasteiger partial charge in [0.15, 0.2) is 11.6 Å². The molecule has 0 saturated carbocycles. The van der Waals surface area contributed by atoms with Crippen LogP contribution in [0.3, 0.4) is 0 Å². The lowest BCUT2D eigenvalue weighted by molar-refractivity contribution is 0.190. The number of amides is 2. The number of rotatable bonds is 1. The predicted octanol–water partition coefficient (Wildman–Crippen LogP) is 1.49. The maximum absolute atomic E-state index is 13.3. The fourth-order valence-corrected chi connectivity index (χ4v) is 2.30. The first-order valence-electron chi connectivity index (χ1n) is 5.74. The van der Waals surface area contributed by atoms with E-state index >= 15 is 0 Å². The van der Waals surface area contributed by atoms with E-state index in [0.29, 0.717) is 31.5 Å². The van der Waals surface area contributed by atoms with Crippen LogP contribution in [0.2, 0.25) is 0 Å². The second-order valence-electron chi connectivity index (χ2n) is 4.46. The first-order chi connectivity index (χ1) is 8.49. The van der Waals surface area contributed by atoms with Crippen LogP contribution in [-0.4, -0.2) is 34.2 Å². The quantitative estimate of drug-likeness (QED) is 0.709. The molecule has 0 atom stereocenters. The van der Waals surface area contributed by atoms with Crippen LogP contribution in [0.5, 0.6) is 11.5 Å². The van der Waals surface area contributed by atoms with Crippen molar-refractivity contribution in [2.75, 3.05) is 13.1 Å². The molecule has 18 heavy (non-hydrogen) atoms. The summed E-state index contributed by atoms with van der Waals surface area (Å²) in [5.74, 6) is -1.46. The molecule has 2 amide bonds. The van der Waals surface area contributed by atoms with Gasteiger partial charge in [-0.05, 0) is 24.8 Å². The highest BCUT2D eigenvalue weighted by molar-refractivity contribution is 5.72. The number of phenols is 2. The van der Waals surface area contributed by atoms with Crippen LogP contribution in [0.15, 0.2) is 12.1 Å². The van der Waals surface area contributed by atoms with Crippen molar-refractivity contribution in [3.05, 3.63) is 23.5 Å². The average Bonchev–Trinajstić information content (AvgIpc) is 2.34. The van der Waals surface area contributed by atoms with Gasteiger partial charge >= 0.3 is 6.03 Å². The van der Waals surface area contributed by atoms with Gasteiger partial charge in [-0.15, -0.1) is 0 Å². The first-order valence-corrected chi connectivity index (χ1v) is 5.74. The minimum atomic E-state index is -0.750. The highest BCUT2D eigenvalue weighted by atomic mass is 19.1. The molecule has 5 nitrogen and oxygen atoms in total. The minimum absolute atomic E-state index is 0.0318. The summed E-state index contributed by atoms with van der Waals surface area (Å²) in [6, 6.07) is 1.69. The highest BCUT2D eigenvalue weighted by Crippen LogP contribution is 2.36. The molecule has 1 aliphatic rings. The lowest BCUT2D eigenvalue weighted by Gasteiger charge is -2.31.